The first-order valence-corrected chi connectivity index (χ1v) is 6.26. The van der Waals surface area contributed by atoms with Gasteiger partial charge in [0, 0.05) is 24.1 Å². The van der Waals surface area contributed by atoms with Crippen LogP contribution in [-0.4, -0.2) is 29.1 Å². The lowest BCUT2D eigenvalue weighted by Gasteiger charge is -2.05. The van der Waals surface area contributed by atoms with Crippen LogP contribution in [0.15, 0.2) is 30.9 Å². The third-order valence-corrected chi connectivity index (χ3v) is 2.93. The average Bonchev–Trinajstić information content (AvgIpc) is 2.28. The monoisotopic (exact) mass is 255 g/mol. The summed E-state index contributed by atoms with van der Waals surface area (Å²) in [5.41, 5.74) is -0.0588. The van der Waals surface area contributed by atoms with E-state index in [0.29, 0.717) is 6.54 Å². The Kier molecular flexibility index (Phi) is 5.56. The highest BCUT2D eigenvalue weighted by molar-refractivity contribution is 7.99. The Labute approximate surface area is 104 Å². The van der Waals surface area contributed by atoms with Gasteiger partial charge in [0.05, 0.1) is 5.56 Å². The van der Waals surface area contributed by atoms with Crippen molar-refractivity contribution >= 4 is 17.7 Å². The molecular weight excluding hydrogens is 241 g/mol. The van der Waals surface area contributed by atoms with Crippen LogP contribution in [0, 0.1) is 5.82 Å². The Balaban J connectivity index is 2.44. The van der Waals surface area contributed by atoms with E-state index in [0.717, 1.165) is 17.6 Å². The van der Waals surface area contributed by atoms with Gasteiger partial charge in [-0.15, -0.1) is 6.58 Å². The van der Waals surface area contributed by atoms with E-state index in [4.69, 9.17) is 5.11 Å². The lowest BCUT2D eigenvalue weighted by molar-refractivity contribution is 0.0952. The average molecular weight is 255 g/mol. The molecule has 0 aliphatic carbocycles. The van der Waals surface area contributed by atoms with Crippen molar-refractivity contribution in [2.45, 2.75) is 0 Å². The van der Waals surface area contributed by atoms with E-state index in [1.54, 1.807) is 17.8 Å². The van der Waals surface area contributed by atoms with E-state index < -0.39 is 11.7 Å². The molecule has 17 heavy (non-hydrogen) atoms. The van der Waals surface area contributed by atoms with Crippen LogP contribution in [0.5, 0.6) is 5.75 Å². The number of rotatable bonds is 6. The number of amides is 1. The van der Waals surface area contributed by atoms with E-state index >= 15 is 0 Å². The Morgan fingerprint density at radius 2 is 2.35 bits per heavy atom. The third-order valence-electron chi connectivity index (χ3n) is 1.96. The zero-order valence-corrected chi connectivity index (χ0v) is 10.1. The van der Waals surface area contributed by atoms with Gasteiger partial charge in [0.15, 0.2) is 0 Å². The Hall–Kier alpha value is -1.49. The summed E-state index contributed by atoms with van der Waals surface area (Å²) in [5.74, 6) is 0.185. The topological polar surface area (TPSA) is 49.3 Å². The van der Waals surface area contributed by atoms with Gasteiger partial charge in [0.1, 0.15) is 11.6 Å². The number of thioether (sulfide) groups is 1. The highest BCUT2D eigenvalue weighted by atomic mass is 32.2. The molecule has 0 radical (unpaired) electrons. The van der Waals surface area contributed by atoms with Crippen molar-refractivity contribution < 1.29 is 14.3 Å². The second kappa shape index (κ2) is 6.96. The van der Waals surface area contributed by atoms with Gasteiger partial charge in [-0.25, -0.2) is 4.39 Å². The normalized spacial score (nSPS) is 9.94. The highest BCUT2D eigenvalue weighted by Crippen LogP contribution is 2.14. The minimum atomic E-state index is -0.721. The SMILES string of the molecule is C=CCSCCNC(=O)c1ccc(O)cc1F. The van der Waals surface area contributed by atoms with Crippen molar-refractivity contribution in [2.24, 2.45) is 0 Å². The van der Waals surface area contributed by atoms with E-state index in [-0.39, 0.29) is 11.3 Å². The summed E-state index contributed by atoms with van der Waals surface area (Å²) in [7, 11) is 0. The number of nitrogens with one attached hydrogen (secondary N) is 1. The number of phenolic OH excluding ortho intramolecular Hbond substituents is 1. The predicted octanol–water partition coefficient (Wildman–Crippen LogP) is 2.18. The smallest absolute Gasteiger partial charge is 0.254 e. The van der Waals surface area contributed by atoms with E-state index in [1.165, 1.54) is 12.1 Å². The Morgan fingerprint density at radius 1 is 1.59 bits per heavy atom. The van der Waals surface area contributed by atoms with Crippen molar-refractivity contribution in [1.82, 2.24) is 5.32 Å². The second-order valence-electron chi connectivity index (χ2n) is 3.28. The van der Waals surface area contributed by atoms with Gasteiger partial charge in [-0.05, 0) is 12.1 Å². The number of benzene rings is 1. The summed E-state index contributed by atoms with van der Waals surface area (Å²) in [6, 6.07) is 3.46. The zero-order valence-electron chi connectivity index (χ0n) is 9.28. The van der Waals surface area contributed by atoms with E-state index in [2.05, 4.69) is 11.9 Å². The van der Waals surface area contributed by atoms with Crippen molar-refractivity contribution in [3.8, 4) is 5.75 Å². The third kappa shape index (κ3) is 4.48. The number of hydrogen-bond acceptors (Lipinski definition) is 3. The molecule has 0 fully saturated rings. The lowest BCUT2D eigenvalue weighted by atomic mass is 10.2. The second-order valence-corrected chi connectivity index (χ2v) is 4.43. The van der Waals surface area contributed by atoms with E-state index in [1.807, 2.05) is 0 Å². The van der Waals surface area contributed by atoms with Crippen LogP contribution in [0.3, 0.4) is 0 Å². The molecule has 0 atom stereocenters. The van der Waals surface area contributed by atoms with Crippen LogP contribution in [-0.2, 0) is 0 Å². The summed E-state index contributed by atoms with van der Waals surface area (Å²) in [5, 5.41) is 11.6. The molecule has 2 N–H and O–H groups in total. The molecule has 1 amide bonds. The molecule has 1 aromatic rings. The van der Waals surface area contributed by atoms with Crippen LogP contribution >= 0.6 is 11.8 Å². The molecule has 1 aromatic carbocycles. The summed E-state index contributed by atoms with van der Waals surface area (Å²) >= 11 is 1.63. The summed E-state index contributed by atoms with van der Waals surface area (Å²) < 4.78 is 13.3. The minimum absolute atomic E-state index is 0.0588. The van der Waals surface area contributed by atoms with E-state index in [9.17, 15) is 9.18 Å². The molecule has 0 bridgehead atoms. The summed E-state index contributed by atoms with van der Waals surface area (Å²) in [4.78, 5) is 11.5. The molecule has 1 rings (SSSR count). The van der Waals surface area contributed by atoms with Crippen molar-refractivity contribution in [3.05, 3.63) is 42.2 Å². The first kappa shape index (κ1) is 13.6. The number of halogens is 1. The highest BCUT2D eigenvalue weighted by Gasteiger charge is 2.11. The first-order chi connectivity index (χ1) is 8.15. The number of hydrogen-bond donors (Lipinski definition) is 2. The molecular formula is C12H14FNO2S. The van der Waals surface area contributed by atoms with Crippen LogP contribution in [0.4, 0.5) is 4.39 Å². The van der Waals surface area contributed by atoms with Gasteiger partial charge in [-0.3, -0.25) is 4.79 Å². The molecule has 0 aliphatic rings. The Morgan fingerprint density at radius 3 is 3.00 bits per heavy atom. The van der Waals surface area contributed by atoms with Crippen molar-refractivity contribution in [2.75, 3.05) is 18.1 Å². The quantitative estimate of drug-likeness (QED) is 0.605. The van der Waals surface area contributed by atoms with Gasteiger partial charge < -0.3 is 10.4 Å². The van der Waals surface area contributed by atoms with Crippen LogP contribution in [0.1, 0.15) is 10.4 Å². The minimum Gasteiger partial charge on any atom is -0.508 e. The molecule has 3 nitrogen and oxygen atoms in total. The predicted molar refractivity (Wildman–Crippen MR) is 67.9 cm³/mol. The zero-order chi connectivity index (χ0) is 12.7. The molecule has 0 aromatic heterocycles. The maximum atomic E-state index is 13.3. The number of phenols is 1. The van der Waals surface area contributed by atoms with Crippen molar-refractivity contribution in [3.63, 3.8) is 0 Å². The fraction of sp³-hybridized carbons (Fsp3) is 0.250. The molecule has 0 saturated heterocycles. The molecule has 0 heterocycles. The fourth-order valence-electron chi connectivity index (χ4n) is 1.19. The van der Waals surface area contributed by atoms with Crippen LogP contribution in [0.2, 0.25) is 0 Å². The van der Waals surface area contributed by atoms with Crippen LogP contribution < -0.4 is 5.32 Å². The molecule has 0 unspecified atom stereocenters. The number of aromatic hydroxyl groups is 1. The molecule has 0 aliphatic heterocycles. The standard InChI is InChI=1S/C12H14FNO2S/c1-2-6-17-7-5-14-12(16)10-4-3-9(15)8-11(10)13/h2-4,8,15H,1,5-7H2,(H,14,16). The number of carbonyl (C=O) groups excluding carboxylic acids is 1. The van der Waals surface area contributed by atoms with Gasteiger partial charge in [-0.1, -0.05) is 6.08 Å². The van der Waals surface area contributed by atoms with Crippen LogP contribution in [0.25, 0.3) is 0 Å². The summed E-state index contributed by atoms with van der Waals surface area (Å²) in [6.07, 6.45) is 1.78. The molecule has 0 spiro atoms. The fourth-order valence-corrected chi connectivity index (χ4v) is 1.77. The molecule has 0 saturated carbocycles. The molecule has 5 heteroatoms. The largest absolute Gasteiger partial charge is 0.508 e. The van der Waals surface area contributed by atoms with Gasteiger partial charge in [-0.2, -0.15) is 11.8 Å². The number of carbonyl (C=O) groups is 1. The lowest BCUT2D eigenvalue weighted by Crippen LogP contribution is -2.26. The van der Waals surface area contributed by atoms with Gasteiger partial charge in [0.2, 0.25) is 0 Å². The van der Waals surface area contributed by atoms with Crippen molar-refractivity contribution in [1.29, 1.82) is 0 Å². The maximum Gasteiger partial charge on any atom is 0.254 e. The first-order valence-electron chi connectivity index (χ1n) is 5.10. The maximum absolute atomic E-state index is 13.3. The molecule has 92 valence electrons. The summed E-state index contributed by atoms with van der Waals surface area (Å²) in [6.45, 7) is 4.05. The Bertz CT molecular complexity index is 409. The van der Waals surface area contributed by atoms with Gasteiger partial charge >= 0.3 is 0 Å². The van der Waals surface area contributed by atoms with Gasteiger partial charge in [0.25, 0.3) is 5.91 Å².